The van der Waals surface area contributed by atoms with Crippen LogP contribution in [0.5, 0.6) is 5.75 Å². The minimum atomic E-state index is -2.59. The molecule has 3 aliphatic carbocycles. The first-order chi connectivity index (χ1) is 17.1. The van der Waals surface area contributed by atoms with Crippen LogP contribution in [0.1, 0.15) is 57.7 Å². The van der Waals surface area contributed by atoms with Crippen LogP contribution in [0.25, 0.3) is 5.76 Å². The topological polar surface area (TPSA) is 170 Å². The highest BCUT2D eigenvalue weighted by Crippen LogP contribution is 2.54. The highest BCUT2D eigenvalue weighted by molar-refractivity contribution is 6.23. The summed E-state index contributed by atoms with van der Waals surface area (Å²) in [4.78, 5) is 39.1. The molecule has 0 spiro atoms. The van der Waals surface area contributed by atoms with Gasteiger partial charge in [-0.15, -0.1) is 0 Å². The van der Waals surface area contributed by atoms with Crippen LogP contribution in [0, 0.1) is 29.1 Å². The third kappa shape index (κ3) is 4.14. The second-order valence-electron chi connectivity index (χ2n) is 12.1. The number of Topliss-reactive ketones (excluding diaryl/α,β-unsaturated/α-hetero) is 2. The van der Waals surface area contributed by atoms with Crippen molar-refractivity contribution in [2.45, 2.75) is 59.6 Å². The van der Waals surface area contributed by atoms with Gasteiger partial charge in [0.25, 0.3) is 5.91 Å². The summed E-state index contributed by atoms with van der Waals surface area (Å²) in [7, 11) is 0. The number of aliphatic hydroxyl groups excluding tert-OH is 2. The smallest absolute Gasteiger partial charge is 0.255 e. The lowest BCUT2D eigenvalue weighted by atomic mass is 9.54. The zero-order valence-electron chi connectivity index (χ0n) is 21.9. The Morgan fingerprint density at radius 2 is 1.84 bits per heavy atom. The number of nitrogens with one attached hydrogen (secondary N) is 1. The number of ketones is 2. The molecule has 0 bridgehead atoms. The van der Waals surface area contributed by atoms with Crippen molar-refractivity contribution in [3.05, 3.63) is 45.7 Å². The van der Waals surface area contributed by atoms with Crippen molar-refractivity contribution in [3.8, 4) is 5.75 Å². The SMILES string of the molecule is CC(C)[C@@H]1C(=O)C(C(N)=O)=C(O)[C@@]2(O)C(=O)C3=C(O)c4c(O)ccc(CNCC(C)(C)C)c4C[C@H]3C[C@@H]12. The standard InChI is InChI=1S/C28H36N2O7/c1-12(2)18-16-9-14-8-15-13(10-30-11-27(3,4)5)6-7-17(31)20(15)23(33)19(14)24(34)28(16,37)25(35)21(22(18)32)26(29)36/h6-7,12,14,16,18,30-31,33,35,37H,8-11H2,1-5H3,(H2,29,36)/t14-,16-,18-,28-/m0/s1. The van der Waals surface area contributed by atoms with Gasteiger partial charge in [0.2, 0.25) is 5.78 Å². The summed E-state index contributed by atoms with van der Waals surface area (Å²) in [5.41, 5.74) is 3.56. The zero-order chi connectivity index (χ0) is 27.6. The molecule has 37 heavy (non-hydrogen) atoms. The molecule has 0 unspecified atom stereocenters. The molecule has 1 fully saturated rings. The van der Waals surface area contributed by atoms with Gasteiger partial charge in [0, 0.05) is 30.5 Å². The van der Waals surface area contributed by atoms with Gasteiger partial charge in [0.15, 0.2) is 11.4 Å². The Morgan fingerprint density at radius 1 is 1.19 bits per heavy atom. The van der Waals surface area contributed by atoms with Gasteiger partial charge in [0.1, 0.15) is 22.8 Å². The number of rotatable bonds is 5. The lowest BCUT2D eigenvalue weighted by Crippen LogP contribution is -2.62. The molecule has 1 amide bonds. The van der Waals surface area contributed by atoms with Crippen LogP contribution in [0.2, 0.25) is 0 Å². The van der Waals surface area contributed by atoms with Gasteiger partial charge in [-0.1, -0.05) is 40.7 Å². The minimum absolute atomic E-state index is 0.0467. The summed E-state index contributed by atoms with van der Waals surface area (Å²) in [5.74, 6) is -7.53. The molecular formula is C28H36N2O7. The molecule has 200 valence electrons. The summed E-state index contributed by atoms with van der Waals surface area (Å²) < 4.78 is 0. The first kappa shape index (κ1) is 26.9. The van der Waals surface area contributed by atoms with Crippen LogP contribution in [-0.2, 0) is 27.3 Å². The van der Waals surface area contributed by atoms with Gasteiger partial charge in [-0.2, -0.15) is 0 Å². The summed E-state index contributed by atoms with van der Waals surface area (Å²) in [5, 5.41) is 47.9. The molecule has 3 aliphatic rings. The molecule has 0 radical (unpaired) electrons. The second-order valence-corrected chi connectivity index (χ2v) is 12.1. The van der Waals surface area contributed by atoms with Gasteiger partial charge >= 0.3 is 0 Å². The molecule has 0 aliphatic heterocycles. The normalized spacial score (nSPS) is 27.8. The Kier molecular flexibility index (Phi) is 6.53. The maximum absolute atomic E-state index is 13.8. The van der Waals surface area contributed by atoms with Crippen molar-refractivity contribution in [3.63, 3.8) is 0 Å². The van der Waals surface area contributed by atoms with E-state index in [1.807, 2.05) is 0 Å². The third-order valence-corrected chi connectivity index (χ3v) is 7.92. The fourth-order valence-corrected chi connectivity index (χ4v) is 6.29. The maximum atomic E-state index is 13.8. The lowest BCUT2D eigenvalue weighted by molar-refractivity contribution is -0.155. The van der Waals surface area contributed by atoms with E-state index in [1.54, 1.807) is 19.9 Å². The van der Waals surface area contributed by atoms with Crippen LogP contribution < -0.4 is 11.1 Å². The number of fused-ring (bicyclic) bond motifs is 3. The maximum Gasteiger partial charge on any atom is 0.255 e. The summed E-state index contributed by atoms with van der Waals surface area (Å²) >= 11 is 0. The van der Waals surface area contributed by atoms with Crippen molar-refractivity contribution < 1.29 is 34.8 Å². The number of phenolic OH excluding ortho intramolecular Hbond substituents is 1. The van der Waals surface area contributed by atoms with E-state index in [4.69, 9.17) is 5.73 Å². The third-order valence-electron chi connectivity index (χ3n) is 7.92. The van der Waals surface area contributed by atoms with Gasteiger partial charge in [0.05, 0.1) is 5.56 Å². The van der Waals surface area contributed by atoms with E-state index in [1.165, 1.54) is 6.07 Å². The molecule has 9 heteroatoms. The number of phenols is 1. The Hall–Kier alpha value is -3.17. The number of hydrogen-bond donors (Lipinski definition) is 6. The Balaban J connectivity index is 1.86. The van der Waals surface area contributed by atoms with E-state index in [-0.39, 0.29) is 34.6 Å². The zero-order valence-corrected chi connectivity index (χ0v) is 21.9. The number of carbonyl (C=O) groups is 3. The van der Waals surface area contributed by atoms with Crippen LogP contribution in [0.3, 0.4) is 0 Å². The quantitative estimate of drug-likeness (QED) is 0.327. The number of primary amides is 1. The number of hydrogen-bond acceptors (Lipinski definition) is 8. The van der Waals surface area contributed by atoms with Crippen LogP contribution >= 0.6 is 0 Å². The predicted octanol–water partition coefficient (Wildman–Crippen LogP) is 2.44. The molecule has 4 rings (SSSR count). The number of carbonyl (C=O) groups excluding carboxylic acids is 3. The number of amides is 1. The fraction of sp³-hybridized carbons (Fsp3) is 0.536. The van der Waals surface area contributed by atoms with E-state index < -0.39 is 57.9 Å². The van der Waals surface area contributed by atoms with E-state index in [0.29, 0.717) is 18.5 Å². The van der Waals surface area contributed by atoms with Crippen molar-refractivity contribution in [2.24, 2.45) is 34.8 Å². The average molecular weight is 513 g/mol. The average Bonchev–Trinajstić information content (AvgIpc) is 2.76. The Bertz CT molecular complexity index is 1250. The number of benzene rings is 1. The first-order valence-corrected chi connectivity index (χ1v) is 12.6. The summed E-state index contributed by atoms with van der Waals surface area (Å²) in [6, 6.07) is 3.23. The molecule has 0 aromatic heterocycles. The van der Waals surface area contributed by atoms with Crippen molar-refractivity contribution in [1.82, 2.24) is 5.32 Å². The number of nitrogens with two attached hydrogens (primary N) is 1. The predicted molar refractivity (Wildman–Crippen MR) is 136 cm³/mol. The molecule has 0 saturated heterocycles. The summed E-state index contributed by atoms with van der Waals surface area (Å²) in [6.07, 6.45) is 0.399. The van der Waals surface area contributed by atoms with Crippen molar-refractivity contribution in [2.75, 3.05) is 6.54 Å². The molecule has 1 aromatic carbocycles. The minimum Gasteiger partial charge on any atom is -0.508 e. The van der Waals surface area contributed by atoms with Gasteiger partial charge in [-0.3, -0.25) is 14.4 Å². The van der Waals surface area contributed by atoms with E-state index in [0.717, 1.165) is 12.1 Å². The van der Waals surface area contributed by atoms with E-state index >= 15 is 0 Å². The van der Waals surface area contributed by atoms with Gasteiger partial charge < -0.3 is 31.5 Å². The van der Waals surface area contributed by atoms with Crippen LogP contribution in [-0.4, -0.2) is 50.0 Å². The molecule has 0 heterocycles. The lowest BCUT2D eigenvalue weighted by Gasteiger charge is -2.50. The monoisotopic (exact) mass is 512 g/mol. The molecule has 9 nitrogen and oxygen atoms in total. The Morgan fingerprint density at radius 3 is 2.41 bits per heavy atom. The van der Waals surface area contributed by atoms with E-state index in [9.17, 15) is 34.8 Å². The summed E-state index contributed by atoms with van der Waals surface area (Å²) in [6.45, 7) is 11.0. The van der Waals surface area contributed by atoms with Gasteiger partial charge in [-0.05, 0) is 47.3 Å². The Labute approximate surface area is 216 Å². The number of aliphatic hydroxyl groups is 3. The molecule has 1 saturated carbocycles. The highest BCUT2D eigenvalue weighted by atomic mass is 16.3. The molecule has 4 atom stereocenters. The molecule has 1 aromatic rings. The first-order valence-electron chi connectivity index (χ1n) is 12.6. The fourth-order valence-electron chi connectivity index (χ4n) is 6.29. The molecular weight excluding hydrogens is 476 g/mol. The van der Waals surface area contributed by atoms with Crippen LogP contribution in [0.4, 0.5) is 0 Å². The number of aromatic hydroxyl groups is 1. The van der Waals surface area contributed by atoms with Gasteiger partial charge in [-0.25, -0.2) is 0 Å². The van der Waals surface area contributed by atoms with Crippen LogP contribution in [0.15, 0.2) is 29.0 Å². The van der Waals surface area contributed by atoms with Crippen molar-refractivity contribution >= 4 is 23.2 Å². The van der Waals surface area contributed by atoms with E-state index in [2.05, 4.69) is 26.1 Å². The van der Waals surface area contributed by atoms with Crippen molar-refractivity contribution in [1.29, 1.82) is 0 Å². The highest BCUT2D eigenvalue weighted by Gasteiger charge is 2.64. The largest absolute Gasteiger partial charge is 0.508 e. The second kappa shape index (κ2) is 8.99. The molecule has 7 N–H and O–H groups in total.